The zero-order valence-corrected chi connectivity index (χ0v) is 16.6. The van der Waals surface area contributed by atoms with Gasteiger partial charge in [0.15, 0.2) is 5.13 Å². The van der Waals surface area contributed by atoms with Gasteiger partial charge in [0.2, 0.25) is 0 Å². The van der Waals surface area contributed by atoms with Crippen molar-refractivity contribution in [2.45, 2.75) is 13.8 Å². The third-order valence-electron chi connectivity index (χ3n) is 4.01. The van der Waals surface area contributed by atoms with Crippen LogP contribution in [0.5, 0.6) is 0 Å². The van der Waals surface area contributed by atoms with E-state index in [4.69, 9.17) is 0 Å². The molecule has 0 amide bonds. The Morgan fingerprint density at radius 3 is 2.58 bits per heavy atom. The molecule has 26 heavy (non-hydrogen) atoms. The molecule has 0 aliphatic rings. The molecule has 0 radical (unpaired) electrons. The van der Waals surface area contributed by atoms with Crippen molar-refractivity contribution in [1.82, 2.24) is 19.3 Å². The zero-order valence-electron chi connectivity index (χ0n) is 14.2. The first kappa shape index (κ1) is 16.9. The summed E-state index contributed by atoms with van der Waals surface area (Å²) in [5.41, 5.74) is 3.46. The van der Waals surface area contributed by atoms with Crippen molar-refractivity contribution < 1.29 is 0 Å². The molecule has 5 nitrogen and oxygen atoms in total. The number of aryl methyl sites for hydroxylation is 2. The van der Waals surface area contributed by atoms with Crippen LogP contribution in [0.1, 0.15) is 11.4 Å². The summed E-state index contributed by atoms with van der Waals surface area (Å²) in [5.74, 6) is 0.605. The SMILES string of the molecule is Cc1cccc(-n2nc(C)n(-c3nc(-c4ccc(Br)cc4)cs3)c2=O)c1. The van der Waals surface area contributed by atoms with Gasteiger partial charge in [-0.25, -0.2) is 14.3 Å². The molecule has 0 atom stereocenters. The van der Waals surface area contributed by atoms with E-state index >= 15 is 0 Å². The van der Waals surface area contributed by atoms with Gasteiger partial charge in [0.05, 0.1) is 11.4 Å². The number of rotatable bonds is 3. The number of nitrogens with zero attached hydrogens (tertiary/aromatic N) is 4. The summed E-state index contributed by atoms with van der Waals surface area (Å²) in [5, 5.41) is 6.99. The molecule has 0 aliphatic carbocycles. The van der Waals surface area contributed by atoms with Gasteiger partial charge in [-0.2, -0.15) is 4.68 Å². The molecule has 7 heteroatoms. The van der Waals surface area contributed by atoms with E-state index in [2.05, 4.69) is 26.0 Å². The van der Waals surface area contributed by atoms with Crippen molar-refractivity contribution >= 4 is 27.3 Å². The fraction of sp³-hybridized carbons (Fsp3) is 0.105. The smallest absolute Gasteiger partial charge is 0.245 e. The first-order chi connectivity index (χ1) is 12.5. The number of benzene rings is 2. The van der Waals surface area contributed by atoms with Crippen molar-refractivity contribution in [3.63, 3.8) is 0 Å². The van der Waals surface area contributed by atoms with E-state index in [-0.39, 0.29) is 5.69 Å². The van der Waals surface area contributed by atoms with E-state index < -0.39 is 0 Å². The highest BCUT2D eigenvalue weighted by atomic mass is 79.9. The van der Waals surface area contributed by atoms with Crippen molar-refractivity contribution in [2.75, 3.05) is 0 Å². The highest BCUT2D eigenvalue weighted by molar-refractivity contribution is 9.10. The van der Waals surface area contributed by atoms with Crippen LogP contribution < -0.4 is 5.69 Å². The van der Waals surface area contributed by atoms with Crippen molar-refractivity contribution in [3.05, 3.63) is 80.3 Å². The quantitative estimate of drug-likeness (QED) is 0.483. The summed E-state index contributed by atoms with van der Waals surface area (Å²) in [6.45, 7) is 3.80. The average molecular weight is 427 g/mol. The van der Waals surface area contributed by atoms with Crippen LogP contribution in [0.25, 0.3) is 22.1 Å². The second-order valence-corrected chi connectivity index (χ2v) is 7.69. The lowest BCUT2D eigenvalue weighted by Gasteiger charge is -2.00. The van der Waals surface area contributed by atoms with Crippen LogP contribution in [0.15, 0.2) is 63.2 Å². The summed E-state index contributed by atoms with van der Waals surface area (Å²) in [4.78, 5) is 17.6. The van der Waals surface area contributed by atoms with Crippen LogP contribution in [0, 0.1) is 13.8 Å². The third kappa shape index (κ3) is 3.04. The summed E-state index contributed by atoms with van der Waals surface area (Å²) in [6.07, 6.45) is 0. The van der Waals surface area contributed by atoms with E-state index in [1.807, 2.05) is 67.8 Å². The second kappa shape index (κ2) is 6.66. The lowest BCUT2D eigenvalue weighted by Crippen LogP contribution is -2.23. The van der Waals surface area contributed by atoms with Crippen molar-refractivity contribution in [3.8, 4) is 22.1 Å². The van der Waals surface area contributed by atoms with Gasteiger partial charge in [0.1, 0.15) is 5.82 Å². The Kier molecular flexibility index (Phi) is 4.34. The Morgan fingerprint density at radius 2 is 1.85 bits per heavy atom. The maximum Gasteiger partial charge on any atom is 0.357 e. The topological polar surface area (TPSA) is 52.7 Å². The molecule has 4 rings (SSSR count). The minimum Gasteiger partial charge on any atom is -0.245 e. The van der Waals surface area contributed by atoms with Crippen molar-refractivity contribution in [1.29, 1.82) is 0 Å². The minimum absolute atomic E-state index is 0.218. The molecular formula is C19H15BrN4OS. The van der Waals surface area contributed by atoms with E-state index in [0.29, 0.717) is 11.0 Å². The highest BCUT2D eigenvalue weighted by Gasteiger charge is 2.16. The Hall–Kier alpha value is -2.51. The van der Waals surface area contributed by atoms with Gasteiger partial charge in [-0.15, -0.1) is 16.4 Å². The minimum atomic E-state index is -0.218. The average Bonchev–Trinajstić information content (AvgIpc) is 3.20. The lowest BCUT2D eigenvalue weighted by atomic mass is 10.2. The first-order valence-corrected chi connectivity index (χ1v) is 9.68. The molecule has 0 saturated carbocycles. The number of halogens is 1. The molecule has 0 saturated heterocycles. The maximum atomic E-state index is 12.9. The number of hydrogen-bond donors (Lipinski definition) is 0. The van der Waals surface area contributed by atoms with E-state index in [9.17, 15) is 4.79 Å². The Bertz CT molecular complexity index is 1140. The normalized spacial score (nSPS) is 11.0. The summed E-state index contributed by atoms with van der Waals surface area (Å²) in [7, 11) is 0. The van der Waals surface area contributed by atoms with E-state index in [0.717, 1.165) is 27.0 Å². The molecule has 0 aliphatic heterocycles. The summed E-state index contributed by atoms with van der Waals surface area (Å²) >= 11 is 4.86. The Morgan fingerprint density at radius 1 is 1.08 bits per heavy atom. The predicted octanol–water partition coefficient (Wildman–Crippen LogP) is 4.53. The van der Waals surface area contributed by atoms with Crippen LogP contribution in [0.3, 0.4) is 0 Å². The van der Waals surface area contributed by atoms with Gasteiger partial charge >= 0.3 is 5.69 Å². The predicted molar refractivity (Wildman–Crippen MR) is 107 cm³/mol. The van der Waals surface area contributed by atoms with Gasteiger partial charge in [0, 0.05) is 15.4 Å². The fourth-order valence-electron chi connectivity index (χ4n) is 2.73. The molecule has 130 valence electrons. The third-order valence-corrected chi connectivity index (χ3v) is 5.36. The van der Waals surface area contributed by atoms with Gasteiger partial charge in [0.25, 0.3) is 0 Å². The monoisotopic (exact) mass is 426 g/mol. The van der Waals surface area contributed by atoms with Crippen LogP contribution in [0.2, 0.25) is 0 Å². The van der Waals surface area contributed by atoms with E-state index in [1.165, 1.54) is 16.0 Å². The lowest BCUT2D eigenvalue weighted by molar-refractivity contribution is 0.825. The molecule has 0 bridgehead atoms. The van der Waals surface area contributed by atoms with E-state index in [1.54, 1.807) is 4.57 Å². The molecule has 0 spiro atoms. The maximum absolute atomic E-state index is 12.9. The largest absolute Gasteiger partial charge is 0.357 e. The molecule has 2 aromatic carbocycles. The Balaban J connectivity index is 1.78. The molecular weight excluding hydrogens is 412 g/mol. The van der Waals surface area contributed by atoms with Crippen LogP contribution in [0.4, 0.5) is 0 Å². The molecule has 4 aromatic rings. The second-order valence-electron chi connectivity index (χ2n) is 5.94. The number of hydrogen-bond acceptors (Lipinski definition) is 4. The molecule has 2 aromatic heterocycles. The number of thiazole rings is 1. The van der Waals surface area contributed by atoms with Crippen molar-refractivity contribution in [2.24, 2.45) is 0 Å². The molecule has 0 unspecified atom stereocenters. The molecule has 2 heterocycles. The summed E-state index contributed by atoms with van der Waals surface area (Å²) < 4.78 is 3.99. The fourth-order valence-corrected chi connectivity index (χ4v) is 3.87. The van der Waals surface area contributed by atoms with Gasteiger partial charge in [-0.05, 0) is 43.7 Å². The zero-order chi connectivity index (χ0) is 18.3. The number of aromatic nitrogens is 4. The van der Waals surface area contributed by atoms with Crippen LogP contribution in [-0.2, 0) is 0 Å². The highest BCUT2D eigenvalue weighted by Crippen LogP contribution is 2.25. The van der Waals surface area contributed by atoms with Crippen LogP contribution >= 0.6 is 27.3 Å². The van der Waals surface area contributed by atoms with Gasteiger partial charge in [-0.3, -0.25) is 0 Å². The standard InChI is InChI=1S/C19H15BrN4OS/c1-12-4-3-5-16(10-12)24-19(25)23(13(2)22-24)18-21-17(11-26-18)14-6-8-15(20)9-7-14/h3-11H,1-2H3. The molecule has 0 fully saturated rings. The first-order valence-electron chi connectivity index (χ1n) is 8.00. The Labute approximate surface area is 162 Å². The van der Waals surface area contributed by atoms with Crippen LogP contribution in [-0.4, -0.2) is 19.3 Å². The van der Waals surface area contributed by atoms with Gasteiger partial charge < -0.3 is 0 Å². The van der Waals surface area contributed by atoms with Gasteiger partial charge in [-0.1, -0.05) is 40.2 Å². The summed E-state index contributed by atoms with van der Waals surface area (Å²) in [6, 6.07) is 15.7. The molecule has 0 N–H and O–H groups in total.